The lowest BCUT2D eigenvalue weighted by atomic mass is 10.4. The van der Waals surface area contributed by atoms with E-state index < -0.39 is 13.1 Å². The molecule has 12 heavy (non-hydrogen) atoms. The van der Waals surface area contributed by atoms with Gasteiger partial charge in [-0.25, -0.2) is 8.78 Å². The van der Waals surface area contributed by atoms with Crippen molar-refractivity contribution in [2.75, 3.05) is 32.9 Å². The minimum atomic E-state index is -2.36. The summed E-state index contributed by atoms with van der Waals surface area (Å²) in [4.78, 5) is 1.48. The van der Waals surface area contributed by atoms with Crippen molar-refractivity contribution < 1.29 is 13.2 Å². The number of hydrogen-bond donors (Lipinski definition) is 1. The minimum Gasteiger partial charge on any atom is -0.329 e. The molecule has 5 heteroatoms. The summed E-state index contributed by atoms with van der Waals surface area (Å²) >= 11 is 0. The predicted molar refractivity (Wildman–Crippen MR) is 42.1 cm³/mol. The molecule has 0 saturated heterocycles. The molecule has 0 aromatic carbocycles. The molecule has 0 bridgehead atoms. The molecule has 0 fully saturated rings. The Bertz CT molecular complexity index is 101. The number of hydrogen-bond acceptors (Lipinski definition) is 2. The van der Waals surface area contributed by atoms with E-state index in [4.69, 9.17) is 5.73 Å². The normalized spacial score (nSPS) is 11.5. The van der Waals surface area contributed by atoms with Crippen LogP contribution in [0.1, 0.15) is 6.42 Å². The summed E-state index contributed by atoms with van der Waals surface area (Å²) in [5.74, 6) is 0. The van der Waals surface area contributed by atoms with Crippen molar-refractivity contribution in [2.24, 2.45) is 5.73 Å². The van der Waals surface area contributed by atoms with Crippen LogP contribution in [0.5, 0.6) is 0 Å². The highest BCUT2D eigenvalue weighted by Crippen LogP contribution is 1.98. The molecule has 0 aliphatic rings. The second kappa shape index (κ2) is 7.36. The van der Waals surface area contributed by atoms with Gasteiger partial charge in [0.15, 0.2) is 0 Å². The molecule has 0 aromatic heterocycles. The van der Waals surface area contributed by atoms with Gasteiger partial charge in [0.25, 0.3) is 6.43 Å². The summed E-state index contributed by atoms with van der Waals surface area (Å²) in [6.45, 7) is 0.322. The highest BCUT2D eigenvalue weighted by atomic mass is 19.3. The maximum absolute atomic E-state index is 11.9. The molecule has 0 aliphatic carbocycles. The third kappa shape index (κ3) is 6.42. The summed E-state index contributed by atoms with van der Waals surface area (Å²) in [7, 11) is 0. The van der Waals surface area contributed by atoms with Crippen LogP contribution in [0, 0.1) is 0 Å². The summed E-state index contributed by atoms with van der Waals surface area (Å²) in [5.41, 5.74) is 5.20. The maximum atomic E-state index is 11.9. The Morgan fingerprint density at radius 3 is 2.33 bits per heavy atom. The van der Waals surface area contributed by atoms with Crippen LogP contribution in [0.2, 0.25) is 0 Å². The van der Waals surface area contributed by atoms with Gasteiger partial charge in [0.05, 0.1) is 13.2 Å². The fourth-order valence-corrected chi connectivity index (χ4v) is 0.956. The Balaban J connectivity index is 3.54. The van der Waals surface area contributed by atoms with E-state index in [1.807, 2.05) is 0 Å². The van der Waals surface area contributed by atoms with Crippen molar-refractivity contribution in [1.29, 1.82) is 0 Å². The molecule has 2 N–H and O–H groups in total. The van der Waals surface area contributed by atoms with Crippen LogP contribution >= 0.6 is 0 Å². The first-order valence-corrected chi connectivity index (χ1v) is 3.97. The molecule has 0 amide bonds. The van der Waals surface area contributed by atoms with E-state index in [0.717, 1.165) is 0 Å². The predicted octanol–water partition coefficient (Wildman–Crippen LogP) is 0.872. The Morgan fingerprint density at radius 1 is 1.25 bits per heavy atom. The maximum Gasteiger partial charge on any atom is 0.251 e. The Morgan fingerprint density at radius 2 is 1.92 bits per heavy atom. The molecule has 0 aromatic rings. The smallest absolute Gasteiger partial charge is 0.251 e. The van der Waals surface area contributed by atoms with Crippen LogP contribution in [0.3, 0.4) is 0 Å². The van der Waals surface area contributed by atoms with Crippen LogP contribution < -0.4 is 5.73 Å². The highest BCUT2D eigenvalue weighted by molar-refractivity contribution is 4.59. The van der Waals surface area contributed by atoms with Gasteiger partial charge in [-0.15, -0.1) is 0 Å². The van der Waals surface area contributed by atoms with Gasteiger partial charge in [-0.2, -0.15) is 0 Å². The Labute approximate surface area is 70.5 Å². The van der Waals surface area contributed by atoms with Gasteiger partial charge in [-0.05, 0) is 6.42 Å². The van der Waals surface area contributed by atoms with Crippen LogP contribution in [0.25, 0.3) is 0 Å². The topological polar surface area (TPSA) is 29.3 Å². The van der Waals surface area contributed by atoms with E-state index in [1.165, 1.54) is 4.90 Å². The van der Waals surface area contributed by atoms with Crippen LogP contribution in [-0.2, 0) is 0 Å². The molecule has 74 valence electrons. The third-order valence-electron chi connectivity index (χ3n) is 1.45. The Hall–Kier alpha value is -0.290. The molecule has 0 atom stereocenters. The number of nitrogens with two attached hydrogens (primary N) is 1. The first-order valence-electron chi connectivity index (χ1n) is 3.97. The lowest BCUT2D eigenvalue weighted by Gasteiger charge is -2.19. The average molecular weight is 184 g/mol. The summed E-state index contributed by atoms with van der Waals surface area (Å²) in [6.07, 6.45) is -2.07. The molecule has 0 spiro atoms. The van der Waals surface area contributed by atoms with E-state index in [1.54, 1.807) is 0 Å². The molecule has 0 rings (SSSR count). The van der Waals surface area contributed by atoms with E-state index in [9.17, 15) is 13.2 Å². The van der Waals surface area contributed by atoms with E-state index in [-0.39, 0.29) is 6.54 Å². The second-order valence-corrected chi connectivity index (χ2v) is 2.52. The molecule has 0 aliphatic heterocycles. The van der Waals surface area contributed by atoms with Crippen molar-refractivity contribution in [3.63, 3.8) is 0 Å². The number of nitrogens with zero attached hydrogens (tertiary/aromatic N) is 1. The monoisotopic (exact) mass is 184 g/mol. The summed E-state index contributed by atoms with van der Waals surface area (Å²) in [5, 5.41) is 0. The van der Waals surface area contributed by atoms with Crippen molar-refractivity contribution >= 4 is 0 Å². The largest absolute Gasteiger partial charge is 0.329 e. The molecular weight excluding hydrogens is 169 g/mol. The highest BCUT2D eigenvalue weighted by Gasteiger charge is 2.10. The van der Waals surface area contributed by atoms with Gasteiger partial charge in [-0.1, -0.05) is 0 Å². The summed E-state index contributed by atoms with van der Waals surface area (Å²) in [6, 6.07) is 0. The first-order chi connectivity index (χ1) is 5.70. The second-order valence-electron chi connectivity index (χ2n) is 2.52. The lowest BCUT2D eigenvalue weighted by Crippen LogP contribution is -2.34. The fourth-order valence-electron chi connectivity index (χ4n) is 0.956. The molecule has 0 unspecified atom stereocenters. The van der Waals surface area contributed by atoms with Gasteiger partial charge in [0, 0.05) is 19.6 Å². The number of alkyl halides is 3. The van der Waals surface area contributed by atoms with Gasteiger partial charge in [-0.3, -0.25) is 9.29 Å². The van der Waals surface area contributed by atoms with Gasteiger partial charge in [0.2, 0.25) is 0 Å². The average Bonchev–Trinajstić information content (AvgIpc) is 2.00. The van der Waals surface area contributed by atoms with Gasteiger partial charge < -0.3 is 5.73 Å². The first kappa shape index (κ1) is 11.7. The van der Waals surface area contributed by atoms with E-state index in [2.05, 4.69) is 0 Å². The van der Waals surface area contributed by atoms with Crippen molar-refractivity contribution in [1.82, 2.24) is 4.90 Å². The van der Waals surface area contributed by atoms with Crippen molar-refractivity contribution in [3.8, 4) is 0 Å². The Kier molecular flexibility index (Phi) is 7.19. The molecule has 0 heterocycles. The van der Waals surface area contributed by atoms with Crippen LogP contribution in [-0.4, -0.2) is 44.2 Å². The molecule has 0 radical (unpaired) electrons. The lowest BCUT2D eigenvalue weighted by molar-refractivity contribution is 0.0880. The fraction of sp³-hybridized carbons (Fsp3) is 1.00. The zero-order valence-electron chi connectivity index (χ0n) is 6.98. The summed E-state index contributed by atoms with van der Waals surface area (Å²) < 4.78 is 35.4. The van der Waals surface area contributed by atoms with Crippen LogP contribution in [0.15, 0.2) is 0 Å². The SMILES string of the molecule is NCCN(CCCF)CC(F)F. The standard InChI is InChI=1S/C7H15F3N2/c8-2-1-4-12(5-3-11)6-7(9)10/h7H,1-6,11H2. The van der Waals surface area contributed by atoms with Gasteiger partial charge in [0.1, 0.15) is 0 Å². The van der Waals surface area contributed by atoms with Crippen molar-refractivity contribution in [2.45, 2.75) is 12.8 Å². The number of rotatable bonds is 7. The van der Waals surface area contributed by atoms with E-state index in [0.29, 0.717) is 26.1 Å². The van der Waals surface area contributed by atoms with Crippen molar-refractivity contribution in [3.05, 3.63) is 0 Å². The van der Waals surface area contributed by atoms with Gasteiger partial charge >= 0.3 is 0 Å². The molecule has 0 saturated carbocycles. The third-order valence-corrected chi connectivity index (χ3v) is 1.45. The molecular formula is C7H15F3N2. The number of halogens is 3. The van der Waals surface area contributed by atoms with Crippen LogP contribution in [0.4, 0.5) is 13.2 Å². The molecule has 2 nitrogen and oxygen atoms in total. The quantitative estimate of drug-likeness (QED) is 0.636. The minimum absolute atomic E-state index is 0.298. The zero-order chi connectivity index (χ0) is 9.40. The zero-order valence-corrected chi connectivity index (χ0v) is 6.98. The van der Waals surface area contributed by atoms with E-state index >= 15 is 0 Å².